The topological polar surface area (TPSA) is 42.4 Å². The smallest absolute Gasteiger partial charge is 0.270 e. The van der Waals surface area contributed by atoms with Crippen molar-refractivity contribution >= 4 is 34.5 Å². The number of carbonyl (C=O) groups is 1. The fourth-order valence-corrected chi connectivity index (χ4v) is 3.88. The Bertz CT molecular complexity index is 941. The minimum atomic E-state index is -0.321. The molecule has 0 spiro atoms. The number of carbonyl (C=O) groups excluding carboxylic acids is 1. The number of anilines is 1. The Kier molecular flexibility index (Phi) is 4.61. The standard InChI is InChI=1S/C19H14ClFN2O2S/c20-12-1-7-15(8-2-12)25-11-17-22-16-9-10-23(19(24)18(16)26-17)14-5-3-13(21)4-6-14/h1-8H,9-11H2. The number of thiazole rings is 1. The molecule has 1 amide bonds. The summed E-state index contributed by atoms with van der Waals surface area (Å²) in [5, 5.41) is 1.40. The first-order chi connectivity index (χ1) is 12.6. The molecule has 0 saturated heterocycles. The molecule has 2 heterocycles. The van der Waals surface area contributed by atoms with Crippen LogP contribution in [0, 0.1) is 5.82 Å². The first-order valence-electron chi connectivity index (χ1n) is 8.04. The van der Waals surface area contributed by atoms with Crippen LogP contribution >= 0.6 is 22.9 Å². The molecule has 132 valence electrons. The third-order valence-electron chi connectivity index (χ3n) is 4.07. The zero-order chi connectivity index (χ0) is 18.1. The maximum Gasteiger partial charge on any atom is 0.270 e. The van der Waals surface area contributed by atoms with Crippen molar-refractivity contribution < 1.29 is 13.9 Å². The third-order valence-corrected chi connectivity index (χ3v) is 5.38. The number of halogens is 2. The molecule has 4 rings (SSSR count). The van der Waals surface area contributed by atoms with E-state index in [9.17, 15) is 9.18 Å². The van der Waals surface area contributed by atoms with E-state index in [0.29, 0.717) is 40.9 Å². The van der Waals surface area contributed by atoms with Crippen molar-refractivity contribution in [1.82, 2.24) is 4.98 Å². The molecule has 1 aliphatic heterocycles. The fourth-order valence-electron chi connectivity index (χ4n) is 2.78. The molecule has 7 heteroatoms. The van der Waals surface area contributed by atoms with Crippen LogP contribution < -0.4 is 9.64 Å². The van der Waals surface area contributed by atoms with Gasteiger partial charge in [-0.1, -0.05) is 11.6 Å². The minimum Gasteiger partial charge on any atom is -0.486 e. The van der Waals surface area contributed by atoms with Crippen molar-refractivity contribution in [3.05, 3.63) is 74.9 Å². The predicted molar refractivity (Wildman–Crippen MR) is 99.7 cm³/mol. The molecule has 0 fully saturated rings. The van der Waals surface area contributed by atoms with Crippen LogP contribution in [0.3, 0.4) is 0 Å². The quantitative estimate of drug-likeness (QED) is 0.649. The Hall–Kier alpha value is -2.44. The van der Waals surface area contributed by atoms with Gasteiger partial charge in [-0.2, -0.15) is 0 Å². The summed E-state index contributed by atoms with van der Waals surface area (Å²) >= 11 is 7.20. The maximum atomic E-state index is 13.1. The van der Waals surface area contributed by atoms with E-state index in [1.807, 2.05) is 0 Å². The third kappa shape index (κ3) is 3.43. The van der Waals surface area contributed by atoms with Crippen LogP contribution in [0.1, 0.15) is 20.4 Å². The maximum absolute atomic E-state index is 13.1. The molecule has 0 unspecified atom stereocenters. The second-order valence-electron chi connectivity index (χ2n) is 5.81. The van der Waals surface area contributed by atoms with E-state index in [-0.39, 0.29) is 11.7 Å². The Morgan fingerprint density at radius 3 is 2.62 bits per heavy atom. The van der Waals surface area contributed by atoms with Gasteiger partial charge in [0, 0.05) is 23.7 Å². The van der Waals surface area contributed by atoms with E-state index in [1.54, 1.807) is 41.3 Å². The van der Waals surface area contributed by atoms with Crippen molar-refractivity contribution in [2.45, 2.75) is 13.0 Å². The van der Waals surface area contributed by atoms with Gasteiger partial charge < -0.3 is 9.64 Å². The summed E-state index contributed by atoms with van der Waals surface area (Å²) in [6, 6.07) is 13.0. The van der Waals surface area contributed by atoms with Gasteiger partial charge in [0.2, 0.25) is 0 Å². The summed E-state index contributed by atoms with van der Waals surface area (Å²) in [4.78, 5) is 19.6. The highest BCUT2D eigenvalue weighted by Gasteiger charge is 2.29. The molecule has 0 atom stereocenters. The van der Waals surface area contributed by atoms with Crippen LogP contribution in [0.15, 0.2) is 48.5 Å². The average Bonchev–Trinajstić information content (AvgIpc) is 3.07. The van der Waals surface area contributed by atoms with Crippen molar-refractivity contribution in [3.8, 4) is 5.75 Å². The first-order valence-corrected chi connectivity index (χ1v) is 9.24. The summed E-state index contributed by atoms with van der Waals surface area (Å²) < 4.78 is 18.8. The zero-order valence-corrected chi connectivity index (χ0v) is 15.2. The van der Waals surface area contributed by atoms with E-state index in [4.69, 9.17) is 16.3 Å². The number of rotatable bonds is 4. The highest BCUT2D eigenvalue weighted by atomic mass is 35.5. The molecule has 0 aliphatic carbocycles. The van der Waals surface area contributed by atoms with Crippen LogP contribution in [0.4, 0.5) is 10.1 Å². The Morgan fingerprint density at radius 2 is 1.88 bits per heavy atom. The van der Waals surface area contributed by atoms with Gasteiger partial charge in [0.15, 0.2) is 0 Å². The molecule has 2 aromatic carbocycles. The molecule has 0 bridgehead atoms. The lowest BCUT2D eigenvalue weighted by molar-refractivity contribution is 0.0984. The van der Waals surface area contributed by atoms with Gasteiger partial charge >= 0.3 is 0 Å². The molecule has 1 aliphatic rings. The van der Waals surface area contributed by atoms with Crippen molar-refractivity contribution in [3.63, 3.8) is 0 Å². The molecule has 26 heavy (non-hydrogen) atoms. The van der Waals surface area contributed by atoms with Gasteiger partial charge in [-0.15, -0.1) is 11.3 Å². The number of benzene rings is 2. The Labute approximate surface area is 158 Å². The van der Waals surface area contributed by atoms with Crippen molar-refractivity contribution in [2.24, 2.45) is 0 Å². The molecule has 0 radical (unpaired) electrons. The zero-order valence-electron chi connectivity index (χ0n) is 13.6. The molecular weight excluding hydrogens is 375 g/mol. The van der Waals surface area contributed by atoms with Gasteiger partial charge in [0.05, 0.1) is 5.69 Å². The van der Waals surface area contributed by atoms with E-state index in [2.05, 4.69) is 4.98 Å². The number of ether oxygens (including phenoxy) is 1. The Morgan fingerprint density at radius 1 is 1.15 bits per heavy atom. The number of fused-ring (bicyclic) bond motifs is 1. The van der Waals surface area contributed by atoms with Crippen LogP contribution in [-0.4, -0.2) is 17.4 Å². The molecule has 0 saturated carbocycles. The lowest BCUT2D eigenvalue weighted by Crippen LogP contribution is -2.36. The van der Waals surface area contributed by atoms with Crippen molar-refractivity contribution in [1.29, 1.82) is 0 Å². The summed E-state index contributed by atoms with van der Waals surface area (Å²) in [5.41, 5.74) is 1.49. The van der Waals surface area contributed by atoms with E-state index >= 15 is 0 Å². The largest absolute Gasteiger partial charge is 0.486 e. The first kappa shape index (κ1) is 17.0. The molecular formula is C19H14ClFN2O2S. The van der Waals surface area contributed by atoms with Crippen LogP contribution in [0.25, 0.3) is 0 Å². The summed E-state index contributed by atoms with van der Waals surface area (Å²) in [6.07, 6.45) is 0.663. The highest BCUT2D eigenvalue weighted by molar-refractivity contribution is 7.14. The average molecular weight is 389 g/mol. The van der Waals surface area contributed by atoms with Gasteiger partial charge in [-0.05, 0) is 48.5 Å². The number of amides is 1. The van der Waals surface area contributed by atoms with E-state index in [0.717, 1.165) is 10.7 Å². The van der Waals surface area contributed by atoms with E-state index < -0.39 is 0 Å². The minimum absolute atomic E-state index is 0.104. The summed E-state index contributed by atoms with van der Waals surface area (Å²) in [6.45, 7) is 0.821. The number of nitrogens with zero attached hydrogens (tertiary/aromatic N) is 2. The second-order valence-corrected chi connectivity index (χ2v) is 7.33. The second kappa shape index (κ2) is 7.05. The van der Waals surface area contributed by atoms with Crippen LogP contribution in [0.5, 0.6) is 5.75 Å². The number of aromatic nitrogens is 1. The fraction of sp³-hybridized carbons (Fsp3) is 0.158. The normalized spacial score (nSPS) is 13.6. The van der Waals surface area contributed by atoms with E-state index in [1.165, 1.54) is 23.5 Å². The number of hydrogen-bond donors (Lipinski definition) is 0. The summed E-state index contributed by atoms with van der Waals surface area (Å²) in [7, 11) is 0. The predicted octanol–water partition coefficient (Wildman–Crippen LogP) is 4.72. The van der Waals surface area contributed by atoms with Crippen LogP contribution in [0.2, 0.25) is 5.02 Å². The molecule has 4 nitrogen and oxygen atoms in total. The molecule has 0 N–H and O–H groups in total. The van der Waals surface area contributed by atoms with Gasteiger partial charge in [0.1, 0.15) is 28.1 Å². The molecule has 1 aromatic heterocycles. The molecule has 3 aromatic rings. The SMILES string of the molecule is O=C1c2sc(COc3ccc(Cl)cc3)nc2CCN1c1ccc(F)cc1. The van der Waals surface area contributed by atoms with Crippen molar-refractivity contribution in [2.75, 3.05) is 11.4 Å². The number of hydrogen-bond acceptors (Lipinski definition) is 4. The highest BCUT2D eigenvalue weighted by Crippen LogP contribution is 2.29. The Balaban J connectivity index is 1.49. The van der Waals surface area contributed by atoms with Gasteiger partial charge in [-0.25, -0.2) is 9.37 Å². The van der Waals surface area contributed by atoms with Gasteiger partial charge in [-0.3, -0.25) is 4.79 Å². The lowest BCUT2D eigenvalue weighted by atomic mass is 10.1. The lowest BCUT2D eigenvalue weighted by Gasteiger charge is -2.25. The monoisotopic (exact) mass is 388 g/mol. The van der Waals surface area contributed by atoms with Gasteiger partial charge in [0.25, 0.3) is 5.91 Å². The summed E-state index contributed by atoms with van der Waals surface area (Å²) in [5.74, 6) is 0.272. The van der Waals surface area contributed by atoms with Crippen LogP contribution in [-0.2, 0) is 13.0 Å².